The second kappa shape index (κ2) is 9.44. The monoisotopic (exact) mass is 532 g/mol. The van der Waals surface area contributed by atoms with Crippen LogP contribution in [0.3, 0.4) is 0 Å². The van der Waals surface area contributed by atoms with Crippen molar-refractivity contribution in [3.8, 4) is 11.5 Å². The summed E-state index contributed by atoms with van der Waals surface area (Å²) in [5, 5.41) is 3.68. The summed E-state index contributed by atoms with van der Waals surface area (Å²) in [4.78, 5) is 32.2. The zero-order valence-corrected chi connectivity index (χ0v) is 22.1. The van der Waals surface area contributed by atoms with Crippen LogP contribution in [0.4, 0.5) is 16.2 Å². The number of methoxy groups -OCH3 is 1. The second-order valence-electron chi connectivity index (χ2n) is 10.00. The maximum atomic E-state index is 13.3. The number of amides is 3. The standard InChI is InChI=1S/C29H29ClN4O4/c1-29-18-23(22-17-20(30)9-12-25(22)38-29)31-28(36)34(29)21-10-7-19(8-11-21)27(35)33-15-13-32(14-16-33)24-5-3-4-6-26(24)37-2/h3-12,17,23H,13-16,18H2,1-2H3,(H,31,36)/t23-,29+/m0/s1. The summed E-state index contributed by atoms with van der Waals surface area (Å²) in [6, 6.07) is 20.2. The first kappa shape index (κ1) is 24.4. The van der Waals surface area contributed by atoms with E-state index in [1.54, 1.807) is 30.2 Å². The van der Waals surface area contributed by atoms with Gasteiger partial charge in [0.1, 0.15) is 11.5 Å². The third kappa shape index (κ3) is 4.19. The molecule has 0 aliphatic carbocycles. The van der Waals surface area contributed by atoms with E-state index in [2.05, 4.69) is 10.2 Å². The lowest BCUT2D eigenvalue weighted by atomic mass is 9.90. The van der Waals surface area contributed by atoms with Crippen molar-refractivity contribution in [2.75, 3.05) is 43.1 Å². The van der Waals surface area contributed by atoms with E-state index in [0.717, 1.165) is 30.1 Å². The normalized spacial score (nSPS) is 22.3. The molecule has 3 amide bonds. The minimum atomic E-state index is -0.867. The van der Waals surface area contributed by atoms with Crippen molar-refractivity contribution >= 4 is 34.9 Å². The van der Waals surface area contributed by atoms with Crippen LogP contribution in [0.2, 0.25) is 5.02 Å². The molecule has 2 bridgehead atoms. The minimum absolute atomic E-state index is 0.0229. The number of para-hydroxylation sites is 2. The van der Waals surface area contributed by atoms with Crippen molar-refractivity contribution in [3.63, 3.8) is 0 Å². The fourth-order valence-corrected chi connectivity index (χ4v) is 5.89. The lowest BCUT2D eigenvalue weighted by Crippen LogP contribution is -2.65. The maximum Gasteiger partial charge on any atom is 0.325 e. The molecule has 3 heterocycles. The van der Waals surface area contributed by atoms with E-state index in [0.29, 0.717) is 41.5 Å². The average Bonchev–Trinajstić information content (AvgIpc) is 2.93. The molecule has 38 heavy (non-hydrogen) atoms. The van der Waals surface area contributed by atoms with Gasteiger partial charge in [-0.15, -0.1) is 0 Å². The Kier molecular flexibility index (Phi) is 6.07. The molecule has 9 heteroatoms. The first-order valence-electron chi connectivity index (χ1n) is 12.7. The highest BCUT2D eigenvalue weighted by Crippen LogP contribution is 2.46. The highest BCUT2D eigenvalue weighted by Gasteiger charge is 2.49. The van der Waals surface area contributed by atoms with Crippen LogP contribution in [0.25, 0.3) is 0 Å². The molecule has 3 aromatic rings. The second-order valence-corrected chi connectivity index (χ2v) is 10.4. The molecule has 8 nitrogen and oxygen atoms in total. The van der Waals surface area contributed by atoms with E-state index in [1.165, 1.54) is 0 Å². The highest BCUT2D eigenvalue weighted by atomic mass is 35.5. The van der Waals surface area contributed by atoms with E-state index >= 15 is 0 Å². The largest absolute Gasteiger partial charge is 0.495 e. The molecule has 0 aromatic heterocycles. The van der Waals surface area contributed by atoms with Crippen molar-refractivity contribution in [2.45, 2.75) is 25.1 Å². The number of fused-ring (bicyclic) bond motifs is 4. The number of halogens is 1. The van der Waals surface area contributed by atoms with Crippen LogP contribution in [0.1, 0.15) is 35.3 Å². The molecule has 0 spiro atoms. The molecule has 3 aromatic carbocycles. The summed E-state index contributed by atoms with van der Waals surface area (Å²) in [6.45, 7) is 4.59. The highest BCUT2D eigenvalue weighted by molar-refractivity contribution is 6.30. The summed E-state index contributed by atoms with van der Waals surface area (Å²) < 4.78 is 11.8. The molecule has 6 rings (SSSR count). The van der Waals surface area contributed by atoms with Crippen LogP contribution < -0.4 is 24.6 Å². The summed E-state index contributed by atoms with van der Waals surface area (Å²) in [5.41, 5.74) is 2.31. The first-order valence-corrected chi connectivity index (χ1v) is 13.1. The Hall–Kier alpha value is -3.91. The Bertz CT molecular complexity index is 1390. The first-order chi connectivity index (χ1) is 18.4. The van der Waals surface area contributed by atoms with Crippen molar-refractivity contribution in [2.24, 2.45) is 0 Å². The van der Waals surface area contributed by atoms with Crippen molar-refractivity contribution < 1.29 is 19.1 Å². The van der Waals surface area contributed by atoms with Crippen LogP contribution in [0.5, 0.6) is 11.5 Å². The Morgan fingerprint density at radius 2 is 1.79 bits per heavy atom. The zero-order valence-electron chi connectivity index (χ0n) is 21.3. The van der Waals surface area contributed by atoms with E-state index in [1.807, 2.05) is 60.4 Å². The molecule has 2 atom stereocenters. The van der Waals surface area contributed by atoms with Crippen LogP contribution in [0, 0.1) is 0 Å². The molecule has 0 radical (unpaired) electrons. The molecular formula is C29H29ClN4O4. The molecule has 3 aliphatic heterocycles. The molecule has 196 valence electrons. The van der Waals surface area contributed by atoms with E-state index in [4.69, 9.17) is 21.1 Å². The van der Waals surface area contributed by atoms with Gasteiger partial charge in [-0.1, -0.05) is 23.7 Å². The number of carbonyl (C=O) groups excluding carboxylic acids is 2. The van der Waals surface area contributed by atoms with Crippen molar-refractivity contribution in [1.82, 2.24) is 10.2 Å². The van der Waals surface area contributed by atoms with Gasteiger partial charge in [-0.3, -0.25) is 9.69 Å². The van der Waals surface area contributed by atoms with Gasteiger partial charge in [0.05, 0.1) is 18.8 Å². The van der Waals surface area contributed by atoms with E-state index in [-0.39, 0.29) is 18.0 Å². The number of carbonyl (C=O) groups is 2. The molecule has 2 saturated heterocycles. The SMILES string of the molecule is COc1ccccc1N1CCN(C(=O)c2ccc(N3C(=O)N[C@H]4C[C@@]3(C)Oc3ccc(Cl)cc34)cc2)CC1. The third-order valence-corrected chi connectivity index (χ3v) is 7.83. The Labute approximate surface area is 226 Å². The number of piperazine rings is 1. The summed E-state index contributed by atoms with van der Waals surface area (Å²) >= 11 is 6.18. The van der Waals surface area contributed by atoms with Gasteiger partial charge in [0.2, 0.25) is 0 Å². The van der Waals surface area contributed by atoms with Crippen LogP contribution in [-0.4, -0.2) is 55.9 Å². The number of nitrogens with zero attached hydrogens (tertiary/aromatic N) is 3. The number of hydrogen-bond acceptors (Lipinski definition) is 5. The molecule has 0 unspecified atom stereocenters. The smallest absolute Gasteiger partial charge is 0.325 e. The number of benzene rings is 3. The number of ether oxygens (including phenoxy) is 2. The Morgan fingerprint density at radius 3 is 2.53 bits per heavy atom. The van der Waals surface area contributed by atoms with Gasteiger partial charge in [-0.25, -0.2) is 4.79 Å². The average molecular weight is 533 g/mol. The maximum absolute atomic E-state index is 13.3. The number of rotatable bonds is 4. The van der Waals surface area contributed by atoms with Gasteiger partial charge in [0, 0.05) is 54.4 Å². The van der Waals surface area contributed by atoms with Gasteiger partial charge in [-0.2, -0.15) is 0 Å². The van der Waals surface area contributed by atoms with E-state index < -0.39 is 5.72 Å². The number of urea groups is 1. The topological polar surface area (TPSA) is 74.4 Å². The third-order valence-electron chi connectivity index (χ3n) is 7.60. The van der Waals surface area contributed by atoms with Gasteiger partial charge in [0.25, 0.3) is 5.91 Å². The molecule has 3 aliphatic rings. The lowest BCUT2D eigenvalue weighted by Gasteiger charge is -2.50. The van der Waals surface area contributed by atoms with Gasteiger partial charge in [0.15, 0.2) is 5.72 Å². The molecule has 0 saturated carbocycles. The van der Waals surface area contributed by atoms with Crippen molar-refractivity contribution in [1.29, 1.82) is 0 Å². The number of nitrogens with one attached hydrogen (secondary N) is 1. The zero-order chi connectivity index (χ0) is 26.4. The van der Waals surface area contributed by atoms with Gasteiger partial charge in [-0.05, 0) is 61.5 Å². The lowest BCUT2D eigenvalue weighted by molar-refractivity contribution is 0.0379. The predicted molar refractivity (Wildman–Crippen MR) is 146 cm³/mol. The quantitative estimate of drug-likeness (QED) is 0.507. The predicted octanol–water partition coefficient (Wildman–Crippen LogP) is 5.08. The summed E-state index contributed by atoms with van der Waals surface area (Å²) in [5.74, 6) is 1.52. The van der Waals surface area contributed by atoms with Crippen LogP contribution in [0.15, 0.2) is 66.7 Å². The summed E-state index contributed by atoms with van der Waals surface area (Å²) in [7, 11) is 1.67. The minimum Gasteiger partial charge on any atom is -0.495 e. The van der Waals surface area contributed by atoms with Crippen LogP contribution in [-0.2, 0) is 0 Å². The molecular weight excluding hydrogens is 504 g/mol. The Morgan fingerprint density at radius 1 is 1.05 bits per heavy atom. The molecule has 2 fully saturated rings. The molecule has 1 N–H and O–H groups in total. The number of hydrogen-bond donors (Lipinski definition) is 1. The fourth-order valence-electron chi connectivity index (χ4n) is 5.71. The van der Waals surface area contributed by atoms with Crippen molar-refractivity contribution in [3.05, 3.63) is 82.9 Å². The van der Waals surface area contributed by atoms with Crippen LogP contribution >= 0.6 is 11.6 Å². The van der Waals surface area contributed by atoms with E-state index in [9.17, 15) is 9.59 Å². The number of anilines is 2. The van der Waals surface area contributed by atoms with Gasteiger partial charge < -0.3 is 24.6 Å². The Balaban J connectivity index is 1.16. The summed E-state index contributed by atoms with van der Waals surface area (Å²) in [6.07, 6.45) is 0.573. The van der Waals surface area contributed by atoms with Gasteiger partial charge >= 0.3 is 6.03 Å². The fraction of sp³-hybridized carbons (Fsp3) is 0.310.